The lowest BCUT2D eigenvalue weighted by molar-refractivity contribution is -0.118. The molecule has 23 heavy (non-hydrogen) atoms. The van der Waals surface area contributed by atoms with Crippen molar-refractivity contribution in [2.75, 3.05) is 4.31 Å². The Hall–Kier alpha value is -2.14. The Morgan fingerprint density at radius 2 is 1.57 bits per heavy atom. The van der Waals surface area contributed by atoms with Gasteiger partial charge < -0.3 is 0 Å². The summed E-state index contributed by atoms with van der Waals surface area (Å²) in [4.78, 5) is 12.7. The molecule has 0 atom stereocenters. The lowest BCUT2D eigenvalue weighted by Crippen LogP contribution is -2.37. The van der Waals surface area contributed by atoms with Crippen LogP contribution in [0.15, 0.2) is 59.5 Å². The van der Waals surface area contributed by atoms with Gasteiger partial charge in [-0.1, -0.05) is 49.7 Å². The fourth-order valence-corrected chi connectivity index (χ4v) is 3.68. The highest BCUT2D eigenvalue weighted by Gasteiger charge is 2.30. The van der Waals surface area contributed by atoms with E-state index in [9.17, 15) is 13.2 Å². The molecular formula is C18H21NO3S. The highest BCUT2D eigenvalue weighted by molar-refractivity contribution is 7.93. The molecule has 0 saturated carbocycles. The maximum Gasteiger partial charge on any atom is 0.270 e. The van der Waals surface area contributed by atoms with Gasteiger partial charge in [0.1, 0.15) is 0 Å². The second-order valence-electron chi connectivity index (χ2n) is 5.91. The van der Waals surface area contributed by atoms with Gasteiger partial charge in [0, 0.05) is 6.42 Å². The summed E-state index contributed by atoms with van der Waals surface area (Å²) in [7, 11) is -3.93. The number of rotatable bonds is 5. The summed E-state index contributed by atoms with van der Waals surface area (Å²) in [6.07, 6.45) is 0.167. The predicted octanol–water partition coefficient (Wildman–Crippen LogP) is 3.76. The zero-order valence-electron chi connectivity index (χ0n) is 13.6. The molecule has 2 aromatic rings. The van der Waals surface area contributed by atoms with Crippen LogP contribution in [0.1, 0.15) is 25.8 Å². The van der Waals surface area contributed by atoms with Crippen molar-refractivity contribution in [3.63, 3.8) is 0 Å². The van der Waals surface area contributed by atoms with Crippen molar-refractivity contribution in [2.24, 2.45) is 5.92 Å². The summed E-state index contributed by atoms with van der Waals surface area (Å²) in [5.74, 6) is -0.353. The Kier molecular flexibility index (Phi) is 5.21. The highest BCUT2D eigenvalue weighted by atomic mass is 32.2. The van der Waals surface area contributed by atoms with Crippen LogP contribution in [0.2, 0.25) is 0 Å². The highest BCUT2D eigenvalue weighted by Crippen LogP contribution is 2.25. The van der Waals surface area contributed by atoms with Crippen molar-refractivity contribution >= 4 is 21.6 Å². The molecule has 4 nitrogen and oxygen atoms in total. The number of anilines is 1. The van der Waals surface area contributed by atoms with E-state index in [1.165, 1.54) is 12.1 Å². The molecular weight excluding hydrogens is 310 g/mol. The van der Waals surface area contributed by atoms with Crippen molar-refractivity contribution in [3.8, 4) is 0 Å². The van der Waals surface area contributed by atoms with Crippen LogP contribution in [-0.4, -0.2) is 14.3 Å². The van der Waals surface area contributed by atoms with E-state index in [1.54, 1.807) is 42.5 Å². The maximum atomic E-state index is 12.9. The molecule has 0 bridgehead atoms. The summed E-state index contributed by atoms with van der Waals surface area (Å²) >= 11 is 0. The average molecular weight is 331 g/mol. The van der Waals surface area contributed by atoms with Gasteiger partial charge in [-0.3, -0.25) is 4.79 Å². The number of aryl methyl sites for hydroxylation is 1. The smallest absolute Gasteiger partial charge is 0.270 e. The molecule has 5 heteroatoms. The van der Waals surface area contributed by atoms with E-state index in [0.717, 1.165) is 9.87 Å². The lowest BCUT2D eigenvalue weighted by atomic mass is 10.1. The molecule has 0 aromatic heterocycles. The van der Waals surface area contributed by atoms with Gasteiger partial charge in [-0.15, -0.1) is 0 Å². The Balaban J connectivity index is 2.53. The summed E-state index contributed by atoms with van der Waals surface area (Å²) < 4.78 is 26.8. The van der Waals surface area contributed by atoms with E-state index < -0.39 is 15.9 Å². The van der Waals surface area contributed by atoms with Crippen molar-refractivity contribution in [1.29, 1.82) is 0 Å². The zero-order chi connectivity index (χ0) is 17.0. The minimum Gasteiger partial charge on any atom is -0.273 e. The Morgan fingerprint density at radius 1 is 1.00 bits per heavy atom. The fraction of sp³-hybridized carbons (Fsp3) is 0.278. The van der Waals surface area contributed by atoms with Crippen molar-refractivity contribution in [1.82, 2.24) is 0 Å². The largest absolute Gasteiger partial charge is 0.273 e. The molecule has 0 aliphatic heterocycles. The van der Waals surface area contributed by atoms with E-state index in [4.69, 9.17) is 0 Å². The van der Waals surface area contributed by atoms with Crippen LogP contribution in [0.4, 0.5) is 5.69 Å². The quantitative estimate of drug-likeness (QED) is 0.838. The monoisotopic (exact) mass is 331 g/mol. The number of amides is 1. The van der Waals surface area contributed by atoms with Crippen LogP contribution in [0.3, 0.4) is 0 Å². The van der Waals surface area contributed by atoms with Crippen molar-refractivity contribution in [3.05, 3.63) is 60.2 Å². The first-order valence-corrected chi connectivity index (χ1v) is 8.96. The van der Waals surface area contributed by atoms with E-state index in [0.29, 0.717) is 5.69 Å². The SMILES string of the molecule is Cc1ccc(N(C(=O)CC(C)C)S(=O)(=O)c2ccccc2)cc1. The molecule has 0 heterocycles. The molecule has 1 amide bonds. The van der Waals surface area contributed by atoms with Gasteiger partial charge >= 0.3 is 0 Å². The van der Waals surface area contributed by atoms with Crippen LogP contribution in [0, 0.1) is 12.8 Å². The second-order valence-corrected chi connectivity index (χ2v) is 7.70. The van der Waals surface area contributed by atoms with Crippen LogP contribution in [-0.2, 0) is 14.8 Å². The summed E-state index contributed by atoms with van der Waals surface area (Å²) in [6.45, 7) is 5.69. The first kappa shape index (κ1) is 17.2. The molecule has 0 unspecified atom stereocenters. The molecule has 0 radical (unpaired) electrons. The van der Waals surface area contributed by atoms with Crippen molar-refractivity contribution < 1.29 is 13.2 Å². The molecule has 2 aromatic carbocycles. The topological polar surface area (TPSA) is 54.5 Å². The minimum atomic E-state index is -3.93. The second kappa shape index (κ2) is 6.96. The Labute approximate surface area is 137 Å². The molecule has 0 aliphatic carbocycles. The number of hydrogen-bond acceptors (Lipinski definition) is 3. The van der Waals surface area contributed by atoms with Crippen LogP contribution < -0.4 is 4.31 Å². The van der Waals surface area contributed by atoms with E-state index >= 15 is 0 Å². The third-order valence-electron chi connectivity index (χ3n) is 3.36. The molecule has 0 aliphatic rings. The summed E-state index contributed by atoms with van der Waals surface area (Å²) in [5.41, 5.74) is 1.37. The molecule has 0 fully saturated rings. The van der Waals surface area contributed by atoms with Crippen molar-refractivity contribution in [2.45, 2.75) is 32.1 Å². The third-order valence-corrected chi connectivity index (χ3v) is 5.12. The first-order valence-electron chi connectivity index (χ1n) is 7.52. The normalized spacial score (nSPS) is 11.5. The number of carbonyl (C=O) groups is 1. The molecule has 0 saturated heterocycles. The van der Waals surface area contributed by atoms with E-state index in [-0.39, 0.29) is 17.2 Å². The third kappa shape index (κ3) is 3.99. The van der Waals surface area contributed by atoms with Crippen LogP contribution >= 0.6 is 0 Å². The van der Waals surface area contributed by atoms with Gasteiger partial charge in [-0.25, -0.2) is 12.7 Å². The van der Waals surface area contributed by atoms with Crippen LogP contribution in [0.5, 0.6) is 0 Å². The maximum absolute atomic E-state index is 12.9. The number of sulfonamides is 1. The molecule has 0 N–H and O–H groups in total. The van der Waals surface area contributed by atoms with Gasteiger partial charge in [0.2, 0.25) is 5.91 Å². The standard InChI is InChI=1S/C18H21NO3S/c1-14(2)13-18(20)19(16-11-9-15(3)10-12-16)23(21,22)17-7-5-4-6-8-17/h4-12,14H,13H2,1-3H3. The lowest BCUT2D eigenvalue weighted by Gasteiger charge is -2.23. The molecule has 0 spiro atoms. The Morgan fingerprint density at radius 3 is 2.09 bits per heavy atom. The number of benzene rings is 2. The number of nitrogens with zero attached hydrogens (tertiary/aromatic N) is 1. The van der Waals surface area contributed by atoms with E-state index in [1.807, 2.05) is 20.8 Å². The zero-order valence-corrected chi connectivity index (χ0v) is 14.4. The minimum absolute atomic E-state index is 0.0708. The van der Waals surface area contributed by atoms with Gasteiger partial charge in [-0.2, -0.15) is 0 Å². The summed E-state index contributed by atoms with van der Waals surface area (Å²) in [6, 6.07) is 14.9. The number of hydrogen-bond donors (Lipinski definition) is 0. The average Bonchev–Trinajstić information content (AvgIpc) is 2.49. The van der Waals surface area contributed by atoms with Gasteiger partial charge in [0.25, 0.3) is 10.0 Å². The Bertz CT molecular complexity index is 766. The summed E-state index contributed by atoms with van der Waals surface area (Å²) in [5, 5.41) is 0. The van der Waals surface area contributed by atoms with Gasteiger partial charge in [-0.05, 0) is 37.1 Å². The van der Waals surface area contributed by atoms with Gasteiger partial charge in [0.15, 0.2) is 0 Å². The fourth-order valence-electron chi connectivity index (χ4n) is 2.23. The number of carbonyl (C=O) groups excluding carboxylic acids is 1. The predicted molar refractivity (Wildman–Crippen MR) is 91.7 cm³/mol. The molecule has 122 valence electrons. The van der Waals surface area contributed by atoms with E-state index in [2.05, 4.69) is 0 Å². The molecule has 2 rings (SSSR count). The van der Waals surface area contributed by atoms with Crippen LogP contribution in [0.25, 0.3) is 0 Å². The van der Waals surface area contributed by atoms with Gasteiger partial charge in [0.05, 0.1) is 10.6 Å². The first-order chi connectivity index (χ1) is 10.8.